The molecule has 0 aliphatic carbocycles. The lowest BCUT2D eigenvalue weighted by Gasteiger charge is -2.44. The Balaban J connectivity index is 1.88. The molecule has 0 radical (unpaired) electrons. The molecule has 0 aliphatic rings. The number of esters is 1. The van der Waals surface area contributed by atoms with E-state index in [4.69, 9.17) is 13.9 Å². The van der Waals surface area contributed by atoms with E-state index in [0.717, 1.165) is 11.1 Å². The van der Waals surface area contributed by atoms with Gasteiger partial charge in [0.1, 0.15) is 12.3 Å². The molecular formula is C33H39NO5Si. The van der Waals surface area contributed by atoms with E-state index in [1.165, 1.54) is 17.5 Å². The second kappa shape index (κ2) is 13.9. The minimum atomic E-state index is -2.76. The van der Waals surface area contributed by atoms with E-state index in [9.17, 15) is 9.59 Å². The van der Waals surface area contributed by atoms with Crippen LogP contribution in [-0.2, 0) is 25.3 Å². The highest BCUT2D eigenvalue weighted by molar-refractivity contribution is 6.99. The van der Waals surface area contributed by atoms with Gasteiger partial charge >= 0.3 is 12.1 Å². The number of nitrogens with one attached hydrogen (secondary N) is 1. The van der Waals surface area contributed by atoms with Gasteiger partial charge in [-0.2, -0.15) is 0 Å². The Kier molecular flexibility index (Phi) is 10.6. The molecule has 1 amide bonds. The summed E-state index contributed by atoms with van der Waals surface area (Å²) in [5.41, 5.74) is 1.55. The lowest BCUT2D eigenvalue weighted by molar-refractivity contribution is -0.136. The van der Waals surface area contributed by atoms with Crippen LogP contribution in [0.1, 0.15) is 40.2 Å². The number of carbonyl (C=O) groups excluding carboxylic acids is 2. The SMILES string of the molecule is COC(=O)/C(=C/C(C)=C/[C@H](C)O[Si](c1ccccc1)(c1ccccc1)C(C)(C)C)NC(=O)OCc1ccccc1. The summed E-state index contributed by atoms with van der Waals surface area (Å²) in [7, 11) is -1.50. The number of hydrogen-bond donors (Lipinski definition) is 1. The zero-order valence-corrected chi connectivity index (χ0v) is 25.1. The fourth-order valence-electron chi connectivity index (χ4n) is 4.78. The van der Waals surface area contributed by atoms with Crippen LogP contribution < -0.4 is 15.7 Å². The van der Waals surface area contributed by atoms with Gasteiger partial charge in [0.05, 0.1) is 13.2 Å². The summed E-state index contributed by atoms with van der Waals surface area (Å²) in [4.78, 5) is 24.9. The molecule has 6 nitrogen and oxygen atoms in total. The number of hydrogen-bond acceptors (Lipinski definition) is 5. The van der Waals surface area contributed by atoms with E-state index >= 15 is 0 Å². The highest BCUT2D eigenvalue weighted by Crippen LogP contribution is 2.37. The van der Waals surface area contributed by atoms with Crippen LogP contribution in [-0.4, -0.2) is 33.6 Å². The zero-order valence-electron chi connectivity index (χ0n) is 24.1. The van der Waals surface area contributed by atoms with Crippen molar-refractivity contribution in [3.05, 3.63) is 120 Å². The maximum atomic E-state index is 12.5. The minimum absolute atomic E-state index is 0.0213. The molecule has 0 bridgehead atoms. The number of ether oxygens (including phenoxy) is 2. The van der Waals surface area contributed by atoms with Crippen LogP contribution in [0.2, 0.25) is 5.04 Å². The topological polar surface area (TPSA) is 73.9 Å². The van der Waals surface area contributed by atoms with E-state index < -0.39 is 20.4 Å². The summed E-state index contributed by atoms with van der Waals surface area (Å²) < 4.78 is 17.3. The van der Waals surface area contributed by atoms with Gasteiger partial charge in [-0.1, -0.05) is 123 Å². The van der Waals surface area contributed by atoms with Crippen LogP contribution in [0.4, 0.5) is 4.79 Å². The second-order valence-electron chi connectivity index (χ2n) is 10.6. The van der Waals surface area contributed by atoms with Crippen LogP contribution >= 0.6 is 0 Å². The Hall–Kier alpha value is -3.94. The van der Waals surface area contributed by atoms with Gasteiger partial charge in [0.25, 0.3) is 8.32 Å². The van der Waals surface area contributed by atoms with Crippen molar-refractivity contribution in [2.24, 2.45) is 0 Å². The Labute approximate surface area is 238 Å². The third-order valence-corrected chi connectivity index (χ3v) is 11.6. The zero-order chi connectivity index (χ0) is 29.2. The Morgan fingerprint density at radius 2 is 1.38 bits per heavy atom. The number of amides is 1. The monoisotopic (exact) mass is 557 g/mol. The molecule has 3 rings (SSSR count). The van der Waals surface area contributed by atoms with E-state index in [2.05, 4.69) is 74.6 Å². The molecule has 210 valence electrons. The van der Waals surface area contributed by atoms with Crippen LogP contribution in [0.25, 0.3) is 0 Å². The molecule has 0 saturated carbocycles. The van der Waals surface area contributed by atoms with Gasteiger partial charge in [-0.15, -0.1) is 0 Å². The first kappa shape index (κ1) is 30.6. The third kappa shape index (κ3) is 7.80. The first-order chi connectivity index (χ1) is 19.1. The first-order valence-corrected chi connectivity index (χ1v) is 15.2. The van der Waals surface area contributed by atoms with Gasteiger partial charge in [0.15, 0.2) is 0 Å². The smallest absolute Gasteiger partial charge is 0.412 e. The molecule has 7 heteroatoms. The van der Waals surface area contributed by atoms with Crippen molar-refractivity contribution in [3.8, 4) is 0 Å². The van der Waals surface area contributed by atoms with E-state index in [-0.39, 0.29) is 23.4 Å². The molecule has 0 saturated heterocycles. The van der Waals surface area contributed by atoms with Crippen LogP contribution in [0.5, 0.6) is 0 Å². The van der Waals surface area contributed by atoms with Crippen molar-refractivity contribution in [3.63, 3.8) is 0 Å². The first-order valence-electron chi connectivity index (χ1n) is 13.3. The Morgan fingerprint density at radius 1 is 0.875 bits per heavy atom. The molecule has 1 N–H and O–H groups in total. The van der Waals surface area contributed by atoms with E-state index in [0.29, 0.717) is 0 Å². The van der Waals surface area contributed by atoms with Gasteiger partial charge < -0.3 is 13.9 Å². The van der Waals surface area contributed by atoms with Crippen molar-refractivity contribution >= 4 is 30.8 Å². The summed E-state index contributed by atoms with van der Waals surface area (Å²) in [5, 5.41) is 4.70. The van der Waals surface area contributed by atoms with E-state index in [1.54, 1.807) is 6.08 Å². The molecule has 0 aliphatic heterocycles. The maximum Gasteiger partial charge on any atom is 0.412 e. The quantitative estimate of drug-likeness (QED) is 0.146. The summed E-state index contributed by atoms with van der Waals surface area (Å²) in [6.45, 7) is 10.6. The number of rotatable bonds is 10. The second-order valence-corrected chi connectivity index (χ2v) is 14.9. The molecular weight excluding hydrogens is 518 g/mol. The fourth-order valence-corrected chi connectivity index (χ4v) is 9.42. The van der Waals surface area contributed by atoms with Gasteiger partial charge in [-0.25, -0.2) is 9.59 Å². The van der Waals surface area contributed by atoms with Crippen molar-refractivity contribution in [2.45, 2.75) is 52.4 Å². The number of benzene rings is 3. The maximum absolute atomic E-state index is 12.5. The van der Waals surface area contributed by atoms with Crippen LogP contribution in [0.3, 0.4) is 0 Å². The number of alkyl carbamates (subject to hydrolysis) is 1. The molecule has 0 spiro atoms. The van der Waals surface area contributed by atoms with Crippen LogP contribution in [0, 0.1) is 0 Å². The average Bonchev–Trinajstić information content (AvgIpc) is 2.94. The average molecular weight is 558 g/mol. The predicted molar refractivity (Wildman–Crippen MR) is 162 cm³/mol. The molecule has 0 heterocycles. The lowest BCUT2D eigenvalue weighted by atomic mass is 10.2. The van der Waals surface area contributed by atoms with E-state index in [1.807, 2.05) is 62.4 Å². The molecule has 0 aromatic heterocycles. The summed E-state index contributed by atoms with van der Waals surface area (Å²) >= 11 is 0. The number of carbonyl (C=O) groups is 2. The molecule has 0 fully saturated rings. The van der Waals surface area contributed by atoms with Crippen LogP contribution in [0.15, 0.2) is 114 Å². The van der Waals surface area contributed by atoms with Crippen molar-refractivity contribution < 1.29 is 23.5 Å². The van der Waals surface area contributed by atoms with Crippen molar-refractivity contribution in [1.29, 1.82) is 0 Å². The number of methoxy groups -OCH3 is 1. The largest absolute Gasteiger partial charge is 0.464 e. The molecule has 0 unspecified atom stereocenters. The Bertz CT molecular complexity index is 1280. The summed E-state index contributed by atoms with van der Waals surface area (Å²) in [5.74, 6) is -0.676. The van der Waals surface area contributed by atoms with Gasteiger partial charge in [0.2, 0.25) is 0 Å². The highest BCUT2D eigenvalue weighted by atomic mass is 28.4. The highest BCUT2D eigenvalue weighted by Gasteiger charge is 2.50. The minimum Gasteiger partial charge on any atom is -0.464 e. The Morgan fingerprint density at radius 3 is 1.85 bits per heavy atom. The molecule has 3 aromatic rings. The number of allylic oxidation sites excluding steroid dienone is 2. The predicted octanol–water partition coefficient (Wildman–Crippen LogP) is 5.88. The normalized spacial score (nSPS) is 13.3. The van der Waals surface area contributed by atoms with Gasteiger partial charge in [-0.3, -0.25) is 5.32 Å². The molecule has 3 aromatic carbocycles. The summed E-state index contributed by atoms with van der Waals surface area (Å²) in [6.07, 6.45) is 2.47. The van der Waals surface area contributed by atoms with Crippen molar-refractivity contribution in [1.82, 2.24) is 5.32 Å². The summed E-state index contributed by atoms with van der Waals surface area (Å²) in [6, 6.07) is 30.1. The van der Waals surface area contributed by atoms with Gasteiger partial charge in [0, 0.05) is 0 Å². The van der Waals surface area contributed by atoms with Crippen molar-refractivity contribution in [2.75, 3.05) is 7.11 Å². The standard InChI is InChI=1S/C33H39NO5Si/c1-25(23-30(31(35)37-6)34-32(36)38-24-27-16-10-7-11-17-27)22-26(2)39-40(33(3,4)5,28-18-12-8-13-19-28)29-20-14-9-15-21-29/h7-23,26H,24H2,1-6H3,(H,34,36)/b25-22+,30-23-/t26-/m0/s1. The fraction of sp³-hybridized carbons (Fsp3) is 0.273. The molecule has 1 atom stereocenters. The third-order valence-electron chi connectivity index (χ3n) is 6.50. The molecule has 40 heavy (non-hydrogen) atoms. The lowest BCUT2D eigenvalue weighted by Crippen LogP contribution is -2.67. The van der Waals surface area contributed by atoms with Gasteiger partial charge in [-0.05, 0) is 40.9 Å².